The van der Waals surface area contributed by atoms with E-state index in [9.17, 15) is 9.18 Å². The van der Waals surface area contributed by atoms with Gasteiger partial charge in [0, 0.05) is 6.04 Å². The first-order valence-electron chi connectivity index (χ1n) is 9.62. The quantitative estimate of drug-likeness (QED) is 0.799. The standard InChI is InChI=1S/C19H22FN5OS/c20-15-2-1-3-16(9-15)25-19(22-23-24-25)27-10-17(26)21-18-13-5-11-4-12(7-13)8-14(18)6-11/h1-3,9,11-14,18H,4-8,10H2,(H,21,26). The van der Waals surface area contributed by atoms with Gasteiger partial charge in [0.25, 0.3) is 0 Å². The number of carbonyl (C=O) groups is 1. The highest BCUT2D eigenvalue weighted by Gasteiger charge is 2.48. The molecular formula is C19H22FN5OS. The minimum atomic E-state index is -0.349. The molecule has 4 aliphatic rings. The summed E-state index contributed by atoms with van der Waals surface area (Å²) in [6, 6.07) is 6.43. The van der Waals surface area contributed by atoms with Crippen LogP contribution in [0.2, 0.25) is 0 Å². The molecular weight excluding hydrogens is 365 g/mol. The molecule has 1 aromatic carbocycles. The van der Waals surface area contributed by atoms with Gasteiger partial charge in [-0.2, -0.15) is 4.68 Å². The van der Waals surface area contributed by atoms with Crippen LogP contribution in [0.15, 0.2) is 29.4 Å². The van der Waals surface area contributed by atoms with Crippen molar-refractivity contribution in [3.05, 3.63) is 30.1 Å². The molecule has 1 heterocycles. The van der Waals surface area contributed by atoms with Gasteiger partial charge in [-0.05, 0) is 84.4 Å². The maximum absolute atomic E-state index is 13.5. The molecule has 0 radical (unpaired) electrons. The molecule has 4 fully saturated rings. The van der Waals surface area contributed by atoms with Crippen LogP contribution in [-0.4, -0.2) is 37.9 Å². The van der Waals surface area contributed by atoms with Gasteiger partial charge >= 0.3 is 0 Å². The largest absolute Gasteiger partial charge is 0.352 e. The Morgan fingerprint density at radius 2 is 1.93 bits per heavy atom. The summed E-state index contributed by atoms with van der Waals surface area (Å²) in [4.78, 5) is 12.6. The maximum Gasteiger partial charge on any atom is 0.230 e. The van der Waals surface area contributed by atoms with E-state index in [1.807, 2.05) is 0 Å². The van der Waals surface area contributed by atoms with Crippen molar-refractivity contribution in [2.45, 2.75) is 43.3 Å². The number of nitrogens with one attached hydrogen (secondary N) is 1. The Bertz CT molecular complexity index is 828. The van der Waals surface area contributed by atoms with Gasteiger partial charge in [-0.3, -0.25) is 4.79 Å². The summed E-state index contributed by atoms with van der Waals surface area (Å²) in [7, 11) is 0. The second kappa shape index (κ2) is 6.89. The second-order valence-corrected chi connectivity index (χ2v) is 9.11. The van der Waals surface area contributed by atoms with E-state index < -0.39 is 0 Å². The van der Waals surface area contributed by atoms with E-state index in [0.29, 0.717) is 28.7 Å². The Morgan fingerprint density at radius 3 is 2.63 bits per heavy atom. The first-order chi connectivity index (χ1) is 13.2. The Kier molecular flexibility index (Phi) is 4.38. The highest BCUT2D eigenvalue weighted by Crippen LogP contribution is 2.53. The SMILES string of the molecule is O=C(CSc1nnnn1-c1cccc(F)c1)NC1C2CC3CC(C2)CC1C3. The van der Waals surface area contributed by atoms with Gasteiger partial charge < -0.3 is 5.32 Å². The van der Waals surface area contributed by atoms with Gasteiger partial charge in [0.2, 0.25) is 11.1 Å². The molecule has 1 amide bonds. The predicted octanol–water partition coefficient (Wildman–Crippen LogP) is 2.83. The molecule has 142 valence electrons. The van der Waals surface area contributed by atoms with Crippen molar-refractivity contribution in [3.63, 3.8) is 0 Å². The number of hydrogen-bond acceptors (Lipinski definition) is 5. The molecule has 6 rings (SSSR count). The van der Waals surface area contributed by atoms with E-state index in [1.165, 1.54) is 60.7 Å². The van der Waals surface area contributed by atoms with E-state index in [0.717, 1.165) is 11.8 Å². The van der Waals surface area contributed by atoms with Crippen LogP contribution < -0.4 is 5.32 Å². The number of tetrazole rings is 1. The molecule has 1 aromatic heterocycles. The molecule has 1 N–H and O–H groups in total. The molecule has 0 saturated heterocycles. The van der Waals surface area contributed by atoms with E-state index in [-0.39, 0.29) is 17.5 Å². The van der Waals surface area contributed by atoms with E-state index in [4.69, 9.17) is 0 Å². The fourth-order valence-corrected chi connectivity index (χ4v) is 6.26. The number of carbonyl (C=O) groups excluding carboxylic acids is 1. The molecule has 0 unspecified atom stereocenters. The molecule has 27 heavy (non-hydrogen) atoms. The first kappa shape index (κ1) is 17.2. The number of thioether (sulfide) groups is 1. The minimum absolute atomic E-state index is 0.0336. The number of aromatic nitrogens is 4. The average Bonchev–Trinajstić information content (AvgIpc) is 3.11. The summed E-state index contributed by atoms with van der Waals surface area (Å²) in [5.74, 6) is 3.06. The minimum Gasteiger partial charge on any atom is -0.352 e. The van der Waals surface area contributed by atoms with Crippen molar-refractivity contribution in [2.24, 2.45) is 23.7 Å². The monoisotopic (exact) mass is 387 g/mol. The molecule has 0 aliphatic heterocycles. The molecule has 2 aromatic rings. The lowest BCUT2D eigenvalue weighted by Crippen LogP contribution is -2.56. The summed E-state index contributed by atoms with van der Waals surface area (Å²) in [6.07, 6.45) is 6.53. The van der Waals surface area contributed by atoms with Crippen molar-refractivity contribution < 1.29 is 9.18 Å². The summed E-state index contributed by atoms with van der Waals surface area (Å²) < 4.78 is 14.9. The lowest BCUT2D eigenvalue weighted by molar-refractivity contribution is -0.122. The van der Waals surface area contributed by atoms with Crippen molar-refractivity contribution >= 4 is 17.7 Å². The van der Waals surface area contributed by atoms with Crippen LogP contribution in [0, 0.1) is 29.5 Å². The molecule has 4 bridgehead atoms. The zero-order valence-electron chi connectivity index (χ0n) is 14.9. The van der Waals surface area contributed by atoms with E-state index >= 15 is 0 Å². The van der Waals surface area contributed by atoms with Gasteiger partial charge in [-0.1, -0.05) is 17.8 Å². The molecule has 0 spiro atoms. The highest BCUT2D eigenvalue weighted by atomic mass is 32.2. The zero-order chi connectivity index (χ0) is 18.4. The molecule has 8 heteroatoms. The number of amides is 1. The molecule has 6 nitrogen and oxygen atoms in total. The van der Waals surface area contributed by atoms with Crippen molar-refractivity contribution in [1.29, 1.82) is 0 Å². The number of nitrogens with zero attached hydrogens (tertiary/aromatic N) is 4. The van der Waals surface area contributed by atoms with Crippen molar-refractivity contribution in [1.82, 2.24) is 25.5 Å². The Balaban J connectivity index is 1.21. The fraction of sp³-hybridized carbons (Fsp3) is 0.579. The third-order valence-electron chi connectivity index (χ3n) is 6.38. The number of hydrogen-bond donors (Lipinski definition) is 1. The van der Waals surface area contributed by atoms with Crippen LogP contribution in [-0.2, 0) is 4.79 Å². The average molecular weight is 387 g/mol. The third kappa shape index (κ3) is 3.35. The van der Waals surface area contributed by atoms with Gasteiger partial charge in [0.05, 0.1) is 11.4 Å². The Morgan fingerprint density at radius 1 is 1.19 bits per heavy atom. The molecule has 4 saturated carbocycles. The summed E-state index contributed by atoms with van der Waals surface area (Å²) in [5.41, 5.74) is 0.545. The van der Waals surface area contributed by atoms with Crippen LogP contribution in [0.4, 0.5) is 4.39 Å². The zero-order valence-corrected chi connectivity index (χ0v) is 15.7. The van der Waals surface area contributed by atoms with Gasteiger partial charge in [0.15, 0.2) is 0 Å². The molecule has 4 aliphatic carbocycles. The Hall–Kier alpha value is -1.96. The van der Waals surface area contributed by atoms with Crippen LogP contribution in [0.1, 0.15) is 32.1 Å². The normalized spacial score (nSPS) is 31.2. The van der Waals surface area contributed by atoms with Gasteiger partial charge in [0.1, 0.15) is 5.82 Å². The molecule has 0 atom stereocenters. The smallest absolute Gasteiger partial charge is 0.230 e. The number of halogens is 1. The highest BCUT2D eigenvalue weighted by molar-refractivity contribution is 7.99. The van der Waals surface area contributed by atoms with Crippen LogP contribution in [0.25, 0.3) is 5.69 Å². The lowest BCUT2D eigenvalue weighted by Gasteiger charge is -2.54. The van der Waals surface area contributed by atoms with Gasteiger partial charge in [-0.25, -0.2) is 4.39 Å². The lowest BCUT2D eigenvalue weighted by atomic mass is 9.54. The van der Waals surface area contributed by atoms with Crippen molar-refractivity contribution in [2.75, 3.05) is 5.75 Å². The predicted molar refractivity (Wildman–Crippen MR) is 98.8 cm³/mol. The third-order valence-corrected chi connectivity index (χ3v) is 7.30. The van der Waals surface area contributed by atoms with Crippen molar-refractivity contribution in [3.8, 4) is 5.69 Å². The topological polar surface area (TPSA) is 72.7 Å². The fourth-order valence-electron chi connectivity index (χ4n) is 5.56. The maximum atomic E-state index is 13.5. The number of rotatable bonds is 5. The Labute approximate surface area is 161 Å². The van der Waals surface area contributed by atoms with Crippen LogP contribution in [0.5, 0.6) is 0 Å². The van der Waals surface area contributed by atoms with Gasteiger partial charge in [-0.15, -0.1) is 5.10 Å². The summed E-state index contributed by atoms with van der Waals surface area (Å²) in [5, 5.41) is 15.3. The van der Waals surface area contributed by atoms with Crippen LogP contribution >= 0.6 is 11.8 Å². The van der Waals surface area contributed by atoms with Crippen LogP contribution in [0.3, 0.4) is 0 Å². The second-order valence-electron chi connectivity index (χ2n) is 8.17. The summed E-state index contributed by atoms with van der Waals surface area (Å²) >= 11 is 1.28. The summed E-state index contributed by atoms with van der Waals surface area (Å²) in [6.45, 7) is 0. The van der Waals surface area contributed by atoms with E-state index in [2.05, 4.69) is 20.8 Å². The number of benzene rings is 1. The van der Waals surface area contributed by atoms with E-state index in [1.54, 1.807) is 12.1 Å². The first-order valence-corrected chi connectivity index (χ1v) is 10.6.